The van der Waals surface area contributed by atoms with Crippen LogP contribution in [0.4, 0.5) is 14.6 Å². The second-order valence-corrected chi connectivity index (χ2v) is 4.60. The molecule has 0 saturated heterocycles. The van der Waals surface area contributed by atoms with E-state index in [-0.39, 0.29) is 16.3 Å². The van der Waals surface area contributed by atoms with Crippen molar-refractivity contribution in [1.82, 2.24) is 4.98 Å². The average molecular weight is 303 g/mol. The van der Waals surface area contributed by atoms with Crippen molar-refractivity contribution < 1.29 is 8.78 Å². The van der Waals surface area contributed by atoms with E-state index in [1.807, 2.05) is 6.92 Å². The SMILES string of the molecule is CCNc1nc(-c2cccc(F)c2F)c(Cl)cc1Cl. The van der Waals surface area contributed by atoms with Crippen LogP contribution in [0.3, 0.4) is 0 Å². The van der Waals surface area contributed by atoms with Crippen LogP contribution in [0.15, 0.2) is 24.3 Å². The molecule has 0 radical (unpaired) electrons. The Kier molecular flexibility index (Phi) is 4.22. The number of halogens is 4. The first-order valence-corrected chi connectivity index (χ1v) is 6.34. The first-order valence-electron chi connectivity index (χ1n) is 5.59. The Labute approximate surface area is 119 Å². The predicted octanol–water partition coefficient (Wildman–Crippen LogP) is 4.77. The molecule has 1 aromatic heterocycles. The highest BCUT2D eigenvalue weighted by Crippen LogP contribution is 2.34. The molecule has 2 aromatic rings. The van der Waals surface area contributed by atoms with Crippen LogP contribution in [0.25, 0.3) is 11.3 Å². The lowest BCUT2D eigenvalue weighted by Crippen LogP contribution is -2.02. The Morgan fingerprint density at radius 3 is 2.63 bits per heavy atom. The van der Waals surface area contributed by atoms with Gasteiger partial charge in [-0.05, 0) is 25.1 Å². The summed E-state index contributed by atoms with van der Waals surface area (Å²) >= 11 is 12.0. The summed E-state index contributed by atoms with van der Waals surface area (Å²) in [5.41, 5.74) is 0.153. The Morgan fingerprint density at radius 2 is 1.95 bits per heavy atom. The molecule has 0 aliphatic carbocycles. The molecule has 0 bridgehead atoms. The van der Waals surface area contributed by atoms with Crippen molar-refractivity contribution in [3.05, 3.63) is 45.9 Å². The summed E-state index contributed by atoms with van der Waals surface area (Å²) in [4.78, 5) is 4.15. The van der Waals surface area contributed by atoms with Crippen LogP contribution < -0.4 is 5.32 Å². The predicted molar refractivity (Wildman–Crippen MR) is 73.8 cm³/mol. The number of pyridine rings is 1. The number of benzene rings is 1. The fraction of sp³-hybridized carbons (Fsp3) is 0.154. The van der Waals surface area contributed by atoms with E-state index < -0.39 is 11.6 Å². The third kappa shape index (κ3) is 2.80. The summed E-state index contributed by atoms with van der Waals surface area (Å²) in [6, 6.07) is 5.30. The normalized spacial score (nSPS) is 10.6. The van der Waals surface area contributed by atoms with Gasteiger partial charge in [-0.2, -0.15) is 0 Å². The number of rotatable bonds is 3. The molecule has 0 spiro atoms. The molecule has 0 aliphatic heterocycles. The van der Waals surface area contributed by atoms with Crippen molar-refractivity contribution in [2.75, 3.05) is 11.9 Å². The van der Waals surface area contributed by atoms with Gasteiger partial charge < -0.3 is 5.32 Å². The van der Waals surface area contributed by atoms with Gasteiger partial charge in [0.05, 0.1) is 15.7 Å². The van der Waals surface area contributed by atoms with Crippen LogP contribution in [0.2, 0.25) is 10.0 Å². The van der Waals surface area contributed by atoms with Gasteiger partial charge in [0.15, 0.2) is 11.6 Å². The minimum absolute atomic E-state index is 0.000759. The maximum atomic E-state index is 13.8. The second-order valence-electron chi connectivity index (χ2n) is 3.78. The number of hydrogen-bond acceptors (Lipinski definition) is 2. The largest absolute Gasteiger partial charge is 0.369 e. The summed E-state index contributed by atoms with van der Waals surface area (Å²) in [6.07, 6.45) is 0. The maximum absolute atomic E-state index is 13.8. The van der Waals surface area contributed by atoms with E-state index in [1.54, 1.807) is 0 Å². The molecule has 0 atom stereocenters. The number of anilines is 1. The minimum Gasteiger partial charge on any atom is -0.369 e. The van der Waals surface area contributed by atoms with Gasteiger partial charge in [0.1, 0.15) is 5.82 Å². The van der Waals surface area contributed by atoms with Gasteiger partial charge in [-0.1, -0.05) is 29.3 Å². The highest BCUT2D eigenvalue weighted by Gasteiger charge is 2.16. The van der Waals surface area contributed by atoms with Crippen LogP contribution in [0.1, 0.15) is 6.92 Å². The quantitative estimate of drug-likeness (QED) is 0.884. The standard InChI is InChI=1S/C13H10Cl2F2N2/c1-2-18-13-9(15)6-8(14)12(19-13)7-4-3-5-10(16)11(7)17/h3-6H,2H2,1H3,(H,18,19). The zero-order valence-electron chi connectivity index (χ0n) is 9.98. The van der Waals surface area contributed by atoms with Crippen LogP contribution in [-0.2, 0) is 0 Å². The molecule has 19 heavy (non-hydrogen) atoms. The van der Waals surface area contributed by atoms with Gasteiger partial charge in [0.2, 0.25) is 0 Å². The number of hydrogen-bond donors (Lipinski definition) is 1. The molecule has 2 nitrogen and oxygen atoms in total. The van der Waals surface area contributed by atoms with E-state index in [1.165, 1.54) is 18.2 Å². The van der Waals surface area contributed by atoms with Crippen molar-refractivity contribution >= 4 is 29.0 Å². The lowest BCUT2D eigenvalue weighted by molar-refractivity contribution is 0.511. The summed E-state index contributed by atoms with van der Waals surface area (Å²) in [5, 5.41) is 3.42. The molecule has 1 aromatic carbocycles. The Balaban J connectivity index is 2.61. The lowest BCUT2D eigenvalue weighted by atomic mass is 10.1. The first kappa shape index (κ1) is 14.0. The first-order chi connectivity index (χ1) is 9.04. The highest BCUT2D eigenvalue weighted by molar-refractivity contribution is 6.37. The van der Waals surface area contributed by atoms with Crippen LogP contribution in [-0.4, -0.2) is 11.5 Å². The minimum atomic E-state index is -0.985. The molecular weight excluding hydrogens is 293 g/mol. The maximum Gasteiger partial charge on any atom is 0.168 e. The zero-order chi connectivity index (χ0) is 14.0. The van der Waals surface area contributed by atoms with E-state index in [2.05, 4.69) is 10.3 Å². The van der Waals surface area contributed by atoms with Crippen molar-refractivity contribution in [1.29, 1.82) is 0 Å². The summed E-state index contributed by atoms with van der Waals surface area (Å²) in [7, 11) is 0. The molecule has 0 unspecified atom stereocenters. The van der Waals surface area contributed by atoms with Crippen molar-refractivity contribution in [3.8, 4) is 11.3 Å². The topological polar surface area (TPSA) is 24.9 Å². The van der Waals surface area contributed by atoms with E-state index in [9.17, 15) is 8.78 Å². The molecule has 1 N–H and O–H groups in total. The number of nitrogens with one attached hydrogen (secondary N) is 1. The van der Waals surface area contributed by atoms with Crippen LogP contribution >= 0.6 is 23.2 Å². The molecule has 1 heterocycles. The molecule has 0 aliphatic rings. The molecule has 100 valence electrons. The van der Waals surface area contributed by atoms with Crippen molar-refractivity contribution in [2.45, 2.75) is 6.92 Å². The van der Waals surface area contributed by atoms with Gasteiger partial charge in [-0.3, -0.25) is 0 Å². The van der Waals surface area contributed by atoms with Gasteiger partial charge >= 0.3 is 0 Å². The Morgan fingerprint density at radius 1 is 1.21 bits per heavy atom. The van der Waals surface area contributed by atoms with E-state index in [4.69, 9.17) is 23.2 Å². The van der Waals surface area contributed by atoms with Gasteiger partial charge in [-0.25, -0.2) is 13.8 Å². The third-order valence-electron chi connectivity index (χ3n) is 2.48. The molecule has 0 fully saturated rings. The zero-order valence-corrected chi connectivity index (χ0v) is 11.5. The van der Waals surface area contributed by atoms with Crippen molar-refractivity contribution in [2.24, 2.45) is 0 Å². The Hall–Kier alpha value is -1.39. The number of aromatic nitrogens is 1. The average Bonchev–Trinajstić information content (AvgIpc) is 2.37. The molecular formula is C13H10Cl2F2N2. The van der Waals surface area contributed by atoms with E-state index in [0.717, 1.165) is 6.07 Å². The molecule has 2 rings (SSSR count). The van der Waals surface area contributed by atoms with Crippen LogP contribution in [0.5, 0.6) is 0 Å². The summed E-state index contributed by atoms with van der Waals surface area (Å²) < 4.78 is 27.0. The molecule has 6 heteroatoms. The second kappa shape index (κ2) is 5.72. The smallest absolute Gasteiger partial charge is 0.168 e. The van der Waals surface area contributed by atoms with Gasteiger partial charge in [0.25, 0.3) is 0 Å². The van der Waals surface area contributed by atoms with E-state index in [0.29, 0.717) is 17.4 Å². The summed E-state index contributed by atoms with van der Waals surface area (Å²) in [5.74, 6) is -1.55. The fourth-order valence-corrected chi connectivity index (χ4v) is 2.16. The van der Waals surface area contributed by atoms with Crippen LogP contribution in [0, 0.1) is 11.6 Å². The molecule has 0 amide bonds. The lowest BCUT2D eigenvalue weighted by Gasteiger charge is -2.10. The molecule has 0 saturated carbocycles. The van der Waals surface area contributed by atoms with Crippen molar-refractivity contribution in [3.63, 3.8) is 0 Å². The fourth-order valence-electron chi connectivity index (χ4n) is 1.63. The van der Waals surface area contributed by atoms with Gasteiger partial charge in [0, 0.05) is 12.1 Å². The van der Waals surface area contributed by atoms with E-state index >= 15 is 0 Å². The number of nitrogens with zero attached hydrogens (tertiary/aromatic N) is 1. The monoisotopic (exact) mass is 302 g/mol. The Bertz CT molecular complexity index is 618. The summed E-state index contributed by atoms with van der Waals surface area (Å²) in [6.45, 7) is 2.47. The highest BCUT2D eigenvalue weighted by atomic mass is 35.5. The van der Waals surface area contributed by atoms with Gasteiger partial charge in [-0.15, -0.1) is 0 Å². The third-order valence-corrected chi connectivity index (χ3v) is 3.06.